The van der Waals surface area contributed by atoms with Gasteiger partial charge >= 0.3 is 6.03 Å². The number of hydrogen-bond acceptors (Lipinski definition) is 4. The van der Waals surface area contributed by atoms with Crippen molar-refractivity contribution in [1.29, 1.82) is 0 Å². The molecular formula is C18H24N4O2. The second-order valence-electron chi connectivity index (χ2n) is 5.75. The van der Waals surface area contributed by atoms with Gasteiger partial charge in [0, 0.05) is 33.2 Å². The van der Waals surface area contributed by atoms with E-state index >= 15 is 0 Å². The summed E-state index contributed by atoms with van der Waals surface area (Å²) in [5, 5.41) is 14.8. The number of rotatable bonds is 7. The lowest BCUT2D eigenvalue weighted by atomic mass is 9.96. The van der Waals surface area contributed by atoms with Gasteiger partial charge in [-0.05, 0) is 24.1 Å². The van der Waals surface area contributed by atoms with Gasteiger partial charge in [-0.15, -0.1) is 0 Å². The third kappa shape index (κ3) is 5.24. The summed E-state index contributed by atoms with van der Waals surface area (Å²) in [6, 6.07) is 13.2. The number of anilines is 2. The summed E-state index contributed by atoms with van der Waals surface area (Å²) in [5.41, 5.74) is 1.74. The number of aromatic nitrogens is 1. The Morgan fingerprint density at radius 1 is 1.21 bits per heavy atom. The van der Waals surface area contributed by atoms with Crippen molar-refractivity contribution in [3.8, 4) is 0 Å². The van der Waals surface area contributed by atoms with Gasteiger partial charge in [0.15, 0.2) is 0 Å². The maximum atomic E-state index is 12.0. The van der Waals surface area contributed by atoms with Crippen LogP contribution in [0.2, 0.25) is 0 Å². The molecule has 6 nitrogen and oxygen atoms in total. The standard InChI is InChI=1S/C18H24N4O2/c1-22(2)17-9-8-16(13-19-17)21-18(24)20-12-15(10-11-23)14-6-4-3-5-7-14/h3-9,13,15,23H,10-12H2,1-2H3,(H2,20,21,24). The lowest BCUT2D eigenvalue weighted by Crippen LogP contribution is -2.32. The van der Waals surface area contributed by atoms with E-state index in [9.17, 15) is 9.90 Å². The molecule has 2 aromatic rings. The molecule has 6 heteroatoms. The Labute approximate surface area is 142 Å². The number of aliphatic hydroxyl groups excluding tert-OH is 1. The van der Waals surface area contributed by atoms with Crippen molar-refractivity contribution in [2.75, 3.05) is 37.5 Å². The third-order valence-electron chi connectivity index (χ3n) is 3.72. The number of pyridine rings is 1. The summed E-state index contributed by atoms with van der Waals surface area (Å²) in [4.78, 5) is 18.2. The van der Waals surface area contributed by atoms with Gasteiger partial charge in [0.1, 0.15) is 5.82 Å². The van der Waals surface area contributed by atoms with Gasteiger partial charge in [-0.2, -0.15) is 0 Å². The van der Waals surface area contributed by atoms with Crippen LogP contribution in [0.15, 0.2) is 48.7 Å². The number of aliphatic hydroxyl groups is 1. The van der Waals surface area contributed by atoms with Crippen LogP contribution in [0.1, 0.15) is 17.9 Å². The largest absolute Gasteiger partial charge is 0.396 e. The maximum Gasteiger partial charge on any atom is 0.319 e. The summed E-state index contributed by atoms with van der Waals surface area (Å²) in [6.07, 6.45) is 2.22. The van der Waals surface area contributed by atoms with Gasteiger partial charge < -0.3 is 20.6 Å². The Balaban J connectivity index is 1.89. The molecule has 0 spiro atoms. The molecule has 0 fully saturated rings. The fourth-order valence-corrected chi connectivity index (χ4v) is 2.38. The first-order chi connectivity index (χ1) is 11.6. The molecule has 0 aliphatic heterocycles. The van der Waals surface area contributed by atoms with Crippen LogP contribution in [0.3, 0.4) is 0 Å². The van der Waals surface area contributed by atoms with Crippen LogP contribution in [-0.2, 0) is 0 Å². The molecule has 2 amide bonds. The number of benzene rings is 1. The Morgan fingerprint density at radius 2 is 1.96 bits per heavy atom. The van der Waals surface area contributed by atoms with Gasteiger partial charge in [-0.3, -0.25) is 0 Å². The second kappa shape index (κ2) is 8.88. The van der Waals surface area contributed by atoms with E-state index in [1.54, 1.807) is 6.20 Å². The zero-order chi connectivity index (χ0) is 17.4. The Kier molecular flexibility index (Phi) is 6.57. The fraction of sp³-hybridized carbons (Fsp3) is 0.333. The van der Waals surface area contributed by atoms with Gasteiger partial charge in [0.25, 0.3) is 0 Å². The van der Waals surface area contributed by atoms with Crippen LogP contribution in [0.5, 0.6) is 0 Å². The highest BCUT2D eigenvalue weighted by atomic mass is 16.3. The van der Waals surface area contributed by atoms with Gasteiger partial charge in [-0.25, -0.2) is 9.78 Å². The van der Waals surface area contributed by atoms with Crippen LogP contribution in [0.4, 0.5) is 16.3 Å². The first-order valence-corrected chi connectivity index (χ1v) is 7.94. The Hall–Kier alpha value is -2.60. The summed E-state index contributed by atoms with van der Waals surface area (Å²) < 4.78 is 0. The molecule has 128 valence electrons. The number of amides is 2. The van der Waals surface area contributed by atoms with E-state index in [4.69, 9.17) is 0 Å². The monoisotopic (exact) mass is 328 g/mol. The lowest BCUT2D eigenvalue weighted by Gasteiger charge is -2.17. The molecule has 1 unspecified atom stereocenters. The third-order valence-corrected chi connectivity index (χ3v) is 3.72. The Bertz CT molecular complexity index is 629. The van der Waals surface area contributed by atoms with Crippen molar-refractivity contribution >= 4 is 17.5 Å². The van der Waals surface area contributed by atoms with Crippen molar-refractivity contribution in [2.45, 2.75) is 12.3 Å². The highest BCUT2D eigenvalue weighted by Gasteiger charge is 2.12. The zero-order valence-corrected chi connectivity index (χ0v) is 14.1. The molecule has 0 aliphatic carbocycles. The van der Waals surface area contributed by atoms with Crippen LogP contribution in [-0.4, -0.2) is 43.4 Å². The van der Waals surface area contributed by atoms with Crippen LogP contribution < -0.4 is 15.5 Å². The SMILES string of the molecule is CN(C)c1ccc(NC(=O)NCC(CCO)c2ccccc2)cn1. The summed E-state index contributed by atoms with van der Waals surface area (Å²) in [7, 11) is 3.82. The molecule has 1 aromatic heterocycles. The zero-order valence-electron chi connectivity index (χ0n) is 14.1. The molecule has 0 saturated carbocycles. The topological polar surface area (TPSA) is 77.5 Å². The normalized spacial score (nSPS) is 11.6. The number of nitrogens with one attached hydrogen (secondary N) is 2. The number of nitrogens with zero attached hydrogens (tertiary/aromatic N) is 2. The highest BCUT2D eigenvalue weighted by molar-refractivity contribution is 5.89. The van der Waals surface area contributed by atoms with Crippen molar-refractivity contribution in [3.63, 3.8) is 0 Å². The molecule has 0 saturated heterocycles. The number of carbonyl (C=O) groups is 1. The second-order valence-corrected chi connectivity index (χ2v) is 5.75. The molecule has 0 bridgehead atoms. The van der Waals surface area contributed by atoms with E-state index in [2.05, 4.69) is 15.6 Å². The van der Waals surface area contributed by atoms with Crippen molar-refractivity contribution < 1.29 is 9.90 Å². The summed E-state index contributed by atoms with van der Waals surface area (Å²) >= 11 is 0. The molecular weight excluding hydrogens is 304 g/mol. The maximum absolute atomic E-state index is 12.0. The van der Waals surface area contributed by atoms with E-state index in [0.717, 1.165) is 11.4 Å². The molecule has 0 aliphatic rings. The first kappa shape index (κ1) is 17.7. The smallest absolute Gasteiger partial charge is 0.319 e. The van der Waals surface area contributed by atoms with Gasteiger partial charge in [-0.1, -0.05) is 30.3 Å². The quantitative estimate of drug-likeness (QED) is 0.729. The van der Waals surface area contributed by atoms with Crippen molar-refractivity contribution in [3.05, 3.63) is 54.2 Å². The number of urea groups is 1. The minimum absolute atomic E-state index is 0.0798. The first-order valence-electron chi connectivity index (χ1n) is 7.94. The predicted octanol–water partition coefficient (Wildman–Crippen LogP) is 2.44. The van der Waals surface area contributed by atoms with Crippen LogP contribution in [0, 0.1) is 0 Å². The van der Waals surface area contributed by atoms with E-state index in [-0.39, 0.29) is 18.6 Å². The molecule has 24 heavy (non-hydrogen) atoms. The summed E-state index contributed by atoms with van der Waals surface area (Å²) in [5.74, 6) is 0.907. The van der Waals surface area contributed by atoms with Crippen molar-refractivity contribution in [1.82, 2.24) is 10.3 Å². The average Bonchev–Trinajstić information content (AvgIpc) is 2.60. The molecule has 3 N–H and O–H groups in total. The lowest BCUT2D eigenvalue weighted by molar-refractivity contribution is 0.248. The minimum atomic E-state index is -0.284. The molecule has 0 radical (unpaired) electrons. The Morgan fingerprint density at radius 3 is 2.54 bits per heavy atom. The minimum Gasteiger partial charge on any atom is -0.396 e. The highest BCUT2D eigenvalue weighted by Crippen LogP contribution is 2.18. The molecule has 1 atom stereocenters. The molecule has 1 heterocycles. The fourth-order valence-electron chi connectivity index (χ4n) is 2.38. The van der Waals surface area contributed by atoms with Crippen molar-refractivity contribution in [2.24, 2.45) is 0 Å². The van der Waals surface area contributed by atoms with Crippen LogP contribution >= 0.6 is 0 Å². The van der Waals surface area contributed by atoms with E-state index < -0.39 is 0 Å². The average molecular weight is 328 g/mol. The van der Waals surface area contributed by atoms with E-state index in [0.29, 0.717) is 18.7 Å². The summed E-state index contributed by atoms with van der Waals surface area (Å²) in [6.45, 7) is 0.540. The molecule has 1 aromatic carbocycles. The number of hydrogen-bond donors (Lipinski definition) is 3. The van der Waals surface area contributed by atoms with Gasteiger partial charge in [0.05, 0.1) is 11.9 Å². The number of carbonyl (C=O) groups excluding carboxylic acids is 1. The predicted molar refractivity (Wildman–Crippen MR) is 96.5 cm³/mol. The van der Waals surface area contributed by atoms with E-state index in [1.165, 1.54) is 0 Å². The van der Waals surface area contributed by atoms with Gasteiger partial charge in [0.2, 0.25) is 0 Å². The van der Waals surface area contributed by atoms with Crippen LogP contribution in [0.25, 0.3) is 0 Å². The van der Waals surface area contributed by atoms with E-state index in [1.807, 2.05) is 61.5 Å². The molecule has 2 rings (SSSR count).